The smallest absolute Gasteiger partial charge is 0.308 e. The van der Waals surface area contributed by atoms with Gasteiger partial charge in [-0.25, -0.2) is 8.42 Å². The predicted molar refractivity (Wildman–Crippen MR) is 97.2 cm³/mol. The van der Waals surface area contributed by atoms with Gasteiger partial charge in [0.25, 0.3) is 0 Å². The number of carboxylic acids is 1. The van der Waals surface area contributed by atoms with Gasteiger partial charge < -0.3 is 10.0 Å². The van der Waals surface area contributed by atoms with Crippen LogP contribution in [0.4, 0.5) is 0 Å². The SMILES string of the molecule is CC(CN(C)C(=O)CCc1ccc(S(=O)(=O)N2CCCC2)cc1)C(=O)O. The molecule has 144 valence electrons. The van der Waals surface area contributed by atoms with Crippen LogP contribution >= 0.6 is 0 Å². The van der Waals surface area contributed by atoms with Gasteiger partial charge in [-0.2, -0.15) is 4.31 Å². The molecule has 8 heteroatoms. The fourth-order valence-corrected chi connectivity index (χ4v) is 4.46. The van der Waals surface area contributed by atoms with Crippen molar-refractivity contribution in [3.05, 3.63) is 29.8 Å². The second-order valence-corrected chi connectivity index (χ2v) is 8.71. The first-order chi connectivity index (χ1) is 12.2. The van der Waals surface area contributed by atoms with Crippen molar-refractivity contribution in [1.29, 1.82) is 0 Å². The van der Waals surface area contributed by atoms with E-state index in [0.29, 0.717) is 19.5 Å². The Morgan fingerprint density at radius 3 is 2.31 bits per heavy atom. The molecule has 26 heavy (non-hydrogen) atoms. The van der Waals surface area contributed by atoms with Crippen molar-refractivity contribution in [2.24, 2.45) is 5.92 Å². The lowest BCUT2D eigenvalue weighted by atomic mass is 10.1. The van der Waals surface area contributed by atoms with Crippen LogP contribution < -0.4 is 0 Å². The molecule has 7 nitrogen and oxygen atoms in total. The van der Waals surface area contributed by atoms with Crippen molar-refractivity contribution in [2.75, 3.05) is 26.7 Å². The second-order valence-electron chi connectivity index (χ2n) is 6.77. The lowest BCUT2D eigenvalue weighted by Crippen LogP contribution is -2.33. The zero-order valence-corrected chi connectivity index (χ0v) is 16.0. The third-order valence-corrected chi connectivity index (χ3v) is 6.56. The van der Waals surface area contributed by atoms with E-state index in [4.69, 9.17) is 5.11 Å². The van der Waals surface area contributed by atoms with Crippen molar-refractivity contribution in [3.8, 4) is 0 Å². The molecule has 1 aromatic carbocycles. The molecule has 0 spiro atoms. The van der Waals surface area contributed by atoms with Crippen LogP contribution in [0.3, 0.4) is 0 Å². The Morgan fingerprint density at radius 2 is 1.77 bits per heavy atom. The zero-order valence-electron chi connectivity index (χ0n) is 15.2. The number of amides is 1. The molecule has 0 bridgehead atoms. The van der Waals surface area contributed by atoms with E-state index in [-0.39, 0.29) is 23.8 Å². The molecule has 2 rings (SSSR count). The highest BCUT2D eigenvalue weighted by atomic mass is 32.2. The number of carbonyl (C=O) groups excluding carboxylic acids is 1. The summed E-state index contributed by atoms with van der Waals surface area (Å²) in [5.74, 6) is -1.68. The zero-order chi connectivity index (χ0) is 19.3. The Hall–Kier alpha value is -1.93. The summed E-state index contributed by atoms with van der Waals surface area (Å²) in [4.78, 5) is 24.7. The third-order valence-electron chi connectivity index (χ3n) is 4.65. The van der Waals surface area contributed by atoms with Gasteiger partial charge in [0.1, 0.15) is 0 Å². The number of aryl methyl sites for hydroxylation is 1. The average Bonchev–Trinajstić information content (AvgIpc) is 3.15. The Kier molecular flexibility index (Phi) is 6.77. The molecule has 1 amide bonds. The fourth-order valence-electron chi connectivity index (χ4n) is 2.94. The second kappa shape index (κ2) is 8.64. The summed E-state index contributed by atoms with van der Waals surface area (Å²) in [5, 5.41) is 8.90. The number of benzene rings is 1. The third kappa shape index (κ3) is 5.04. The van der Waals surface area contributed by atoms with E-state index in [1.54, 1.807) is 38.2 Å². The normalized spacial score (nSPS) is 16.4. The highest BCUT2D eigenvalue weighted by Gasteiger charge is 2.26. The van der Waals surface area contributed by atoms with Crippen LogP contribution in [0.5, 0.6) is 0 Å². The summed E-state index contributed by atoms with van der Waals surface area (Å²) in [6, 6.07) is 6.64. The Morgan fingerprint density at radius 1 is 1.19 bits per heavy atom. The van der Waals surface area contributed by atoms with E-state index >= 15 is 0 Å². The van der Waals surface area contributed by atoms with E-state index in [9.17, 15) is 18.0 Å². The van der Waals surface area contributed by atoms with Crippen molar-refractivity contribution >= 4 is 21.9 Å². The van der Waals surface area contributed by atoms with Crippen molar-refractivity contribution < 1.29 is 23.1 Å². The highest BCUT2D eigenvalue weighted by Crippen LogP contribution is 2.21. The minimum Gasteiger partial charge on any atom is -0.481 e. The number of sulfonamides is 1. The van der Waals surface area contributed by atoms with Crippen molar-refractivity contribution in [3.63, 3.8) is 0 Å². The average molecular weight is 382 g/mol. The molecule has 1 N–H and O–H groups in total. The maximum Gasteiger partial charge on any atom is 0.308 e. The van der Waals surface area contributed by atoms with Gasteiger partial charge >= 0.3 is 5.97 Å². The molecular weight excluding hydrogens is 356 g/mol. The molecule has 1 aliphatic rings. The van der Waals surface area contributed by atoms with Gasteiger partial charge in [0.2, 0.25) is 15.9 Å². The van der Waals surface area contributed by atoms with Gasteiger partial charge in [0.15, 0.2) is 0 Å². The van der Waals surface area contributed by atoms with Crippen molar-refractivity contribution in [2.45, 2.75) is 37.5 Å². The highest BCUT2D eigenvalue weighted by molar-refractivity contribution is 7.89. The molecule has 0 aliphatic carbocycles. The quantitative estimate of drug-likeness (QED) is 0.737. The summed E-state index contributed by atoms with van der Waals surface area (Å²) in [6.07, 6.45) is 2.52. The van der Waals surface area contributed by atoms with Crippen LogP contribution in [-0.2, 0) is 26.0 Å². The summed E-state index contributed by atoms with van der Waals surface area (Å²) in [7, 11) is -1.83. The lowest BCUT2D eigenvalue weighted by molar-refractivity contribution is -0.142. The minimum absolute atomic E-state index is 0.133. The summed E-state index contributed by atoms with van der Waals surface area (Å²) in [6.45, 7) is 2.87. The Balaban J connectivity index is 1.91. The summed E-state index contributed by atoms with van der Waals surface area (Å²) < 4.78 is 26.5. The molecule has 0 saturated carbocycles. The van der Waals surface area contributed by atoms with Crippen molar-refractivity contribution in [1.82, 2.24) is 9.21 Å². The van der Waals surface area contributed by atoms with Crippen LogP contribution in [-0.4, -0.2) is 61.3 Å². The maximum absolute atomic E-state index is 12.5. The lowest BCUT2D eigenvalue weighted by Gasteiger charge is -2.19. The fraction of sp³-hybridized carbons (Fsp3) is 0.556. The number of hydrogen-bond donors (Lipinski definition) is 1. The first-order valence-electron chi connectivity index (χ1n) is 8.77. The first kappa shape index (κ1) is 20.4. The maximum atomic E-state index is 12.5. The Bertz CT molecular complexity index is 739. The predicted octanol–water partition coefficient (Wildman–Crippen LogP) is 1.58. The summed E-state index contributed by atoms with van der Waals surface area (Å²) >= 11 is 0. The van der Waals surface area contributed by atoms with E-state index in [0.717, 1.165) is 18.4 Å². The standard InChI is InChI=1S/C18H26N2O5S/c1-14(18(22)23)13-19(2)17(21)10-7-15-5-8-16(9-6-15)26(24,25)20-11-3-4-12-20/h5-6,8-9,14H,3-4,7,10-13H2,1-2H3,(H,22,23). The molecule has 0 aromatic heterocycles. The van der Waals surface area contributed by atoms with Crippen LogP contribution in [0.25, 0.3) is 0 Å². The minimum atomic E-state index is -3.42. The number of nitrogens with zero attached hydrogens (tertiary/aromatic N) is 2. The molecule has 1 aromatic rings. The molecular formula is C18H26N2O5S. The number of rotatable bonds is 8. The van der Waals surface area contributed by atoms with Crippen LogP contribution in [0, 0.1) is 5.92 Å². The molecule has 1 atom stereocenters. The van der Waals surface area contributed by atoms with Gasteiger partial charge in [-0.3, -0.25) is 9.59 Å². The van der Waals surface area contributed by atoms with Gasteiger partial charge in [-0.15, -0.1) is 0 Å². The van der Waals surface area contributed by atoms with Crippen LogP contribution in [0.2, 0.25) is 0 Å². The first-order valence-corrected chi connectivity index (χ1v) is 10.2. The molecule has 1 fully saturated rings. The number of hydrogen-bond acceptors (Lipinski definition) is 4. The van der Waals surface area contributed by atoms with E-state index in [1.807, 2.05) is 0 Å². The molecule has 1 aliphatic heterocycles. The van der Waals surface area contributed by atoms with Gasteiger partial charge in [-0.1, -0.05) is 19.1 Å². The van der Waals surface area contributed by atoms with Gasteiger partial charge in [-0.05, 0) is 37.0 Å². The largest absolute Gasteiger partial charge is 0.481 e. The number of carbonyl (C=O) groups is 2. The molecule has 1 heterocycles. The summed E-state index contributed by atoms with van der Waals surface area (Å²) in [5.41, 5.74) is 0.874. The number of carboxylic acid groups (broad SMARTS) is 1. The monoisotopic (exact) mass is 382 g/mol. The van der Waals surface area contributed by atoms with Crippen LogP contribution in [0.15, 0.2) is 29.2 Å². The van der Waals surface area contributed by atoms with Crippen LogP contribution in [0.1, 0.15) is 31.7 Å². The van der Waals surface area contributed by atoms with Gasteiger partial charge in [0.05, 0.1) is 10.8 Å². The topological polar surface area (TPSA) is 95.0 Å². The molecule has 1 saturated heterocycles. The van der Waals surface area contributed by atoms with E-state index in [1.165, 1.54) is 9.21 Å². The van der Waals surface area contributed by atoms with E-state index < -0.39 is 21.9 Å². The molecule has 1 unspecified atom stereocenters. The van der Waals surface area contributed by atoms with Gasteiger partial charge in [0, 0.05) is 33.1 Å². The molecule has 0 radical (unpaired) electrons. The van der Waals surface area contributed by atoms with E-state index in [2.05, 4.69) is 0 Å². The number of aliphatic carboxylic acids is 1. The Labute approximate surface area is 154 Å².